The van der Waals surface area contributed by atoms with Crippen LogP contribution in [0.4, 0.5) is 4.39 Å². The number of aryl methyl sites for hydroxylation is 1. The number of nitrogens with zero attached hydrogens (tertiary/aromatic N) is 1. The molecule has 2 nitrogen and oxygen atoms in total. The van der Waals surface area contributed by atoms with Crippen LogP contribution >= 0.6 is 11.6 Å². The molecular weight excluding hydrogens is 473 g/mol. The Kier molecular flexibility index (Phi) is 8.05. The maximum absolute atomic E-state index is 14.7. The van der Waals surface area contributed by atoms with E-state index in [1.807, 2.05) is 6.07 Å². The number of pyridine rings is 1. The first-order valence-electron chi connectivity index (χ1n) is 12.2. The van der Waals surface area contributed by atoms with Gasteiger partial charge in [-0.1, -0.05) is 93.6 Å². The fraction of sp³-hybridized carbons (Fsp3) is 0.300. The van der Waals surface area contributed by atoms with Crippen molar-refractivity contribution in [2.24, 2.45) is 0 Å². The number of hydrogen-bond donors (Lipinski definition) is 0. The van der Waals surface area contributed by atoms with E-state index in [-0.39, 0.29) is 16.7 Å². The van der Waals surface area contributed by atoms with Gasteiger partial charge >= 0.3 is 0 Å². The lowest BCUT2D eigenvalue weighted by molar-refractivity contribution is 0.288. The van der Waals surface area contributed by atoms with Gasteiger partial charge in [0.2, 0.25) is 0 Å². The van der Waals surface area contributed by atoms with Crippen LogP contribution in [-0.2, 0) is 16.7 Å². The molecule has 35 heavy (non-hydrogen) atoms. The Morgan fingerprint density at radius 3 is 2.06 bits per heavy atom. The molecule has 0 amide bonds. The normalized spacial score (nSPS) is 12.3. The minimum absolute atomic E-state index is 0.0514. The average molecular weight is 506 g/mol. The molecule has 1 heterocycles. The van der Waals surface area contributed by atoms with E-state index in [0.717, 1.165) is 35.9 Å². The maximum Gasteiger partial charge on any atom is 0.261 e. The van der Waals surface area contributed by atoms with E-state index < -0.39 is 8.32 Å². The van der Waals surface area contributed by atoms with Crippen LogP contribution in [0.2, 0.25) is 5.04 Å². The molecular formula is C30H33ClFNOSi. The Morgan fingerprint density at radius 2 is 1.49 bits per heavy atom. The third-order valence-electron chi connectivity index (χ3n) is 6.74. The summed E-state index contributed by atoms with van der Waals surface area (Å²) in [7, 11) is -2.54. The summed E-state index contributed by atoms with van der Waals surface area (Å²) in [6.45, 7) is 7.51. The van der Waals surface area contributed by atoms with Crippen LogP contribution in [0.15, 0.2) is 85.1 Å². The van der Waals surface area contributed by atoms with Crippen molar-refractivity contribution in [1.29, 1.82) is 0 Å². The van der Waals surface area contributed by atoms with E-state index in [4.69, 9.17) is 16.0 Å². The standard InChI is InChI=1S/C30H33ClFNOSi/c1-30(2,3)35(24-14-6-4-7-15-24,25-16-8-5-9-17-25)34-20-11-10-18-26-28(21-31)33-22-23-13-12-19-27(32)29(23)26/h4-9,12-17,19,22H,10-11,18,20-21H2,1-3H3. The van der Waals surface area contributed by atoms with E-state index in [2.05, 4.69) is 86.4 Å². The Labute approximate surface area is 214 Å². The van der Waals surface area contributed by atoms with Gasteiger partial charge in [0.15, 0.2) is 0 Å². The number of fused-ring (bicyclic) bond motifs is 1. The fourth-order valence-electron chi connectivity index (χ4n) is 5.11. The van der Waals surface area contributed by atoms with Gasteiger partial charge in [-0.25, -0.2) is 4.39 Å². The molecule has 0 aliphatic rings. The second-order valence-electron chi connectivity index (χ2n) is 9.99. The van der Waals surface area contributed by atoms with E-state index in [1.165, 1.54) is 16.4 Å². The third kappa shape index (κ3) is 5.20. The quantitative estimate of drug-likeness (QED) is 0.139. The molecule has 0 atom stereocenters. The molecule has 182 valence electrons. The third-order valence-corrected chi connectivity index (χ3v) is 12.0. The highest BCUT2D eigenvalue weighted by Gasteiger charge is 2.49. The van der Waals surface area contributed by atoms with Crippen LogP contribution in [0.1, 0.15) is 44.9 Å². The largest absolute Gasteiger partial charge is 0.407 e. The fourth-order valence-corrected chi connectivity index (χ4v) is 9.95. The van der Waals surface area contributed by atoms with Gasteiger partial charge in [0.25, 0.3) is 8.32 Å². The van der Waals surface area contributed by atoms with Crippen LogP contribution in [0, 0.1) is 5.82 Å². The second-order valence-corrected chi connectivity index (χ2v) is 14.6. The lowest BCUT2D eigenvalue weighted by Crippen LogP contribution is -2.66. The summed E-state index contributed by atoms with van der Waals surface area (Å²) in [6.07, 6.45) is 4.18. The topological polar surface area (TPSA) is 22.1 Å². The Balaban J connectivity index is 1.56. The van der Waals surface area contributed by atoms with Gasteiger partial charge in [0.05, 0.1) is 11.6 Å². The molecule has 0 bridgehead atoms. The van der Waals surface area contributed by atoms with E-state index >= 15 is 0 Å². The SMILES string of the molecule is CC(C)(C)[Si](OCCCCc1c(CCl)ncc2cccc(F)c12)(c1ccccc1)c1ccccc1. The van der Waals surface area contributed by atoms with Crippen LogP contribution in [0.3, 0.4) is 0 Å². The first-order valence-corrected chi connectivity index (χ1v) is 14.7. The summed E-state index contributed by atoms with van der Waals surface area (Å²) in [5.74, 6) is 0.0628. The number of unbranched alkanes of at least 4 members (excludes halogenated alkanes) is 1. The van der Waals surface area contributed by atoms with E-state index in [9.17, 15) is 4.39 Å². The predicted octanol–water partition coefficient (Wildman–Crippen LogP) is 7.01. The van der Waals surface area contributed by atoms with Gasteiger partial charge < -0.3 is 4.43 Å². The van der Waals surface area contributed by atoms with Gasteiger partial charge in [-0.3, -0.25) is 4.98 Å². The van der Waals surface area contributed by atoms with Crippen molar-refractivity contribution in [2.45, 2.75) is 51.0 Å². The minimum Gasteiger partial charge on any atom is -0.407 e. The van der Waals surface area contributed by atoms with Crippen LogP contribution in [0.25, 0.3) is 10.8 Å². The summed E-state index contributed by atoms with van der Waals surface area (Å²) in [5, 5.41) is 3.97. The molecule has 0 fully saturated rings. The maximum atomic E-state index is 14.7. The molecule has 1 aromatic heterocycles. The minimum atomic E-state index is -2.54. The number of hydrogen-bond acceptors (Lipinski definition) is 2. The first-order chi connectivity index (χ1) is 16.9. The zero-order chi connectivity index (χ0) is 24.9. The molecule has 0 spiro atoms. The highest BCUT2D eigenvalue weighted by Crippen LogP contribution is 2.37. The number of aromatic nitrogens is 1. The molecule has 0 radical (unpaired) electrons. The van der Waals surface area contributed by atoms with Crippen molar-refractivity contribution < 1.29 is 8.82 Å². The number of alkyl halides is 1. The van der Waals surface area contributed by atoms with Crippen LogP contribution in [0.5, 0.6) is 0 Å². The summed E-state index contributed by atoms with van der Waals surface area (Å²) in [5.41, 5.74) is 1.68. The van der Waals surface area contributed by atoms with Crippen molar-refractivity contribution in [3.63, 3.8) is 0 Å². The van der Waals surface area contributed by atoms with Crippen LogP contribution < -0.4 is 10.4 Å². The Bertz CT molecular complexity index is 1220. The summed E-state index contributed by atoms with van der Waals surface area (Å²) >= 11 is 6.17. The van der Waals surface area contributed by atoms with Crippen molar-refractivity contribution in [3.05, 3.63) is 102 Å². The van der Waals surface area contributed by atoms with Crippen molar-refractivity contribution in [1.82, 2.24) is 4.98 Å². The molecule has 0 unspecified atom stereocenters. The molecule has 0 saturated carbocycles. The first kappa shape index (κ1) is 25.6. The molecule has 4 aromatic rings. The Hall–Kier alpha value is -2.53. The van der Waals surface area contributed by atoms with Crippen LogP contribution in [-0.4, -0.2) is 19.9 Å². The average Bonchev–Trinajstić information content (AvgIpc) is 2.86. The zero-order valence-corrected chi connectivity index (χ0v) is 22.5. The highest BCUT2D eigenvalue weighted by molar-refractivity contribution is 6.99. The molecule has 0 aliphatic heterocycles. The molecule has 4 rings (SSSR count). The van der Waals surface area contributed by atoms with Gasteiger partial charge in [0.1, 0.15) is 5.82 Å². The smallest absolute Gasteiger partial charge is 0.261 e. The molecule has 0 aliphatic carbocycles. The van der Waals surface area contributed by atoms with Crippen molar-refractivity contribution in [2.75, 3.05) is 6.61 Å². The predicted molar refractivity (Wildman–Crippen MR) is 148 cm³/mol. The summed E-state index contributed by atoms with van der Waals surface area (Å²) in [4.78, 5) is 4.49. The van der Waals surface area contributed by atoms with Gasteiger partial charge in [0, 0.05) is 23.6 Å². The molecule has 0 saturated heterocycles. The highest BCUT2D eigenvalue weighted by atomic mass is 35.5. The van der Waals surface area contributed by atoms with E-state index in [1.54, 1.807) is 12.3 Å². The number of rotatable bonds is 9. The summed E-state index contributed by atoms with van der Waals surface area (Å²) < 4.78 is 21.7. The lowest BCUT2D eigenvalue weighted by Gasteiger charge is -2.43. The van der Waals surface area contributed by atoms with Crippen molar-refractivity contribution >= 4 is 41.1 Å². The second kappa shape index (κ2) is 11.0. The molecule has 5 heteroatoms. The zero-order valence-electron chi connectivity index (χ0n) is 20.7. The monoisotopic (exact) mass is 505 g/mol. The van der Waals surface area contributed by atoms with Gasteiger partial charge in [-0.15, -0.1) is 11.6 Å². The van der Waals surface area contributed by atoms with E-state index in [0.29, 0.717) is 12.0 Å². The Morgan fingerprint density at radius 1 is 0.857 bits per heavy atom. The molecule has 0 N–H and O–H groups in total. The number of halogens is 2. The number of benzene rings is 3. The van der Waals surface area contributed by atoms with Gasteiger partial charge in [-0.2, -0.15) is 0 Å². The lowest BCUT2D eigenvalue weighted by atomic mass is 9.99. The summed E-state index contributed by atoms with van der Waals surface area (Å²) in [6, 6.07) is 26.5. The van der Waals surface area contributed by atoms with Gasteiger partial charge in [-0.05, 0) is 46.3 Å². The molecule has 3 aromatic carbocycles. The van der Waals surface area contributed by atoms with Crippen molar-refractivity contribution in [3.8, 4) is 0 Å².